The number of amides is 1. The summed E-state index contributed by atoms with van der Waals surface area (Å²) in [4.78, 5) is 12.9. The molecule has 114 valence electrons. The summed E-state index contributed by atoms with van der Waals surface area (Å²) in [6.45, 7) is 3.25. The fourth-order valence-electron chi connectivity index (χ4n) is 1.77. The van der Waals surface area contributed by atoms with E-state index in [2.05, 4.69) is 5.32 Å². The van der Waals surface area contributed by atoms with E-state index in [1.165, 1.54) is 11.9 Å². The van der Waals surface area contributed by atoms with Gasteiger partial charge in [-0.05, 0) is 33.4 Å². The number of halogens is 3. The van der Waals surface area contributed by atoms with Gasteiger partial charge in [-0.25, -0.2) is 0 Å². The van der Waals surface area contributed by atoms with E-state index in [0.29, 0.717) is 19.4 Å². The Morgan fingerprint density at radius 2 is 1.95 bits per heavy atom. The predicted molar refractivity (Wildman–Crippen MR) is 68.7 cm³/mol. The zero-order valence-corrected chi connectivity index (χ0v) is 11.8. The van der Waals surface area contributed by atoms with Crippen LogP contribution < -0.4 is 11.1 Å². The lowest BCUT2D eigenvalue weighted by Crippen LogP contribution is -2.51. The van der Waals surface area contributed by atoms with Crippen LogP contribution in [-0.2, 0) is 4.79 Å². The molecule has 1 amide bonds. The molecule has 0 heterocycles. The van der Waals surface area contributed by atoms with E-state index in [1.54, 1.807) is 6.92 Å². The van der Waals surface area contributed by atoms with Crippen molar-refractivity contribution in [1.29, 1.82) is 0 Å². The number of nitrogens with zero attached hydrogens (tertiary/aromatic N) is 1. The molecule has 0 aliphatic carbocycles. The Morgan fingerprint density at radius 1 is 1.37 bits per heavy atom. The van der Waals surface area contributed by atoms with Crippen LogP contribution in [-0.4, -0.2) is 49.2 Å². The van der Waals surface area contributed by atoms with Crippen molar-refractivity contribution in [3.63, 3.8) is 0 Å². The first-order chi connectivity index (χ1) is 8.58. The first-order valence-corrected chi connectivity index (χ1v) is 6.41. The molecular formula is C12H24F3N3O. The molecule has 0 spiro atoms. The van der Waals surface area contributed by atoms with Gasteiger partial charge < -0.3 is 11.1 Å². The Balaban J connectivity index is 3.84. The van der Waals surface area contributed by atoms with E-state index in [9.17, 15) is 18.0 Å². The van der Waals surface area contributed by atoms with Crippen molar-refractivity contribution in [1.82, 2.24) is 10.2 Å². The lowest BCUT2D eigenvalue weighted by atomic mass is 9.96. The minimum Gasteiger partial charge on any atom is -0.354 e. The molecule has 7 heteroatoms. The third-order valence-electron chi connectivity index (χ3n) is 2.74. The molecule has 0 aliphatic heterocycles. The average Bonchev–Trinajstić information content (AvgIpc) is 2.21. The second kappa shape index (κ2) is 7.69. The molecule has 3 N–H and O–H groups in total. The van der Waals surface area contributed by atoms with Crippen molar-refractivity contribution in [3.05, 3.63) is 0 Å². The van der Waals surface area contributed by atoms with Crippen molar-refractivity contribution < 1.29 is 18.0 Å². The normalized spacial score (nSPS) is 15.4. The Bertz CT molecular complexity index is 280. The Kier molecular flexibility index (Phi) is 7.36. The number of nitrogens with one attached hydrogen (secondary N) is 1. The molecule has 1 unspecified atom stereocenters. The second-order valence-electron chi connectivity index (χ2n) is 5.13. The van der Waals surface area contributed by atoms with Gasteiger partial charge in [0.25, 0.3) is 0 Å². The minimum atomic E-state index is -4.19. The van der Waals surface area contributed by atoms with Crippen LogP contribution in [0.5, 0.6) is 0 Å². The maximum atomic E-state index is 12.1. The van der Waals surface area contributed by atoms with Crippen LogP contribution in [0.4, 0.5) is 13.2 Å². The van der Waals surface area contributed by atoms with Gasteiger partial charge in [-0.2, -0.15) is 13.2 Å². The van der Waals surface area contributed by atoms with Crippen LogP contribution >= 0.6 is 0 Å². The molecule has 4 nitrogen and oxygen atoms in total. The molecule has 0 aromatic heterocycles. The number of alkyl halides is 3. The summed E-state index contributed by atoms with van der Waals surface area (Å²) in [6.07, 6.45) is -2.35. The molecular weight excluding hydrogens is 259 g/mol. The summed E-state index contributed by atoms with van der Waals surface area (Å²) in [7, 11) is 1.40. The van der Waals surface area contributed by atoms with Crippen molar-refractivity contribution in [2.75, 3.05) is 26.7 Å². The Morgan fingerprint density at radius 3 is 2.42 bits per heavy atom. The fraction of sp³-hybridized carbons (Fsp3) is 0.917. The predicted octanol–water partition coefficient (Wildman–Crippen LogP) is 1.50. The molecule has 0 saturated heterocycles. The van der Waals surface area contributed by atoms with Crippen LogP contribution in [0.15, 0.2) is 0 Å². The molecule has 0 aliphatic rings. The lowest BCUT2D eigenvalue weighted by Gasteiger charge is -2.23. The zero-order chi connectivity index (χ0) is 15.1. The van der Waals surface area contributed by atoms with E-state index >= 15 is 0 Å². The highest BCUT2D eigenvalue weighted by Gasteiger charge is 2.29. The molecule has 19 heavy (non-hydrogen) atoms. The quantitative estimate of drug-likeness (QED) is 0.664. The standard InChI is InChI=1S/C12H24F3N3O/c1-4-6-11(2,16)10(19)17-7-5-8-18(3)9-12(13,14)15/h4-9,16H2,1-3H3,(H,17,19). The maximum Gasteiger partial charge on any atom is 0.401 e. The SMILES string of the molecule is CCCC(C)(N)C(=O)NCCCN(C)CC(F)(F)F. The second-order valence-corrected chi connectivity index (χ2v) is 5.13. The van der Waals surface area contributed by atoms with Crippen LogP contribution in [0.25, 0.3) is 0 Å². The van der Waals surface area contributed by atoms with Gasteiger partial charge in [0.1, 0.15) is 0 Å². The highest BCUT2D eigenvalue weighted by Crippen LogP contribution is 2.15. The van der Waals surface area contributed by atoms with Gasteiger partial charge >= 0.3 is 6.18 Å². The smallest absolute Gasteiger partial charge is 0.354 e. The molecule has 0 rings (SSSR count). The summed E-state index contributed by atoms with van der Waals surface area (Å²) in [6, 6.07) is 0. The molecule has 0 radical (unpaired) electrons. The van der Waals surface area contributed by atoms with Gasteiger partial charge in [-0.3, -0.25) is 9.69 Å². The lowest BCUT2D eigenvalue weighted by molar-refractivity contribution is -0.143. The Labute approximate surface area is 112 Å². The topological polar surface area (TPSA) is 58.4 Å². The first-order valence-electron chi connectivity index (χ1n) is 6.41. The third kappa shape index (κ3) is 8.83. The number of hydrogen-bond acceptors (Lipinski definition) is 3. The monoisotopic (exact) mass is 283 g/mol. The molecule has 0 fully saturated rings. The molecule has 0 aromatic rings. The van der Waals surface area contributed by atoms with E-state index < -0.39 is 18.3 Å². The van der Waals surface area contributed by atoms with Crippen molar-refractivity contribution >= 4 is 5.91 Å². The number of carbonyl (C=O) groups excluding carboxylic acids is 1. The molecule has 1 atom stereocenters. The first kappa shape index (κ1) is 18.2. The van der Waals surface area contributed by atoms with Crippen molar-refractivity contribution in [2.24, 2.45) is 5.73 Å². The Hall–Kier alpha value is -0.820. The van der Waals surface area contributed by atoms with Crippen molar-refractivity contribution in [2.45, 2.75) is 44.8 Å². The number of nitrogens with two attached hydrogens (primary N) is 1. The van der Waals surface area contributed by atoms with Gasteiger partial charge in [-0.1, -0.05) is 13.3 Å². The average molecular weight is 283 g/mol. The number of carbonyl (C=O) groups is 1. The van der Waals surface area contributed by atoms with E-state index in [-0.39, 0.29) is 12.5 Å². The van der Waals surface area contributed by atoms with Gasteiger partial charge in [-0.15, -0.1) is 0 Å². The number of rotatable bonds is 8. The van der Waals surface area contributed by atoms with E-state index in [0.717, 1.165) is 6.42 Å². The minimum absolute atomic E-state index is 0.257. The van der Waals surface area contributed by atoms with Gasteiger partial charge in [0.15, 0.2) is 0 Å². The molecule has 0 saturated carbocycles. The number of hydrogen-bond donors (Lipinski definition) is 2. The molecule has 0 bridgehead atoms. The van der Waals surface area contributed by atoms with Crippen LogP contribution in [0.2, 0.25) is 0 Å². The van der Waals surface area contributed by atoms with Gasteiger partial charge in [0.2, 0.25) is 5.91 Å². The van der Waals surface area contributed by atoms with Crippen LogP contribution in [0, 0.1) is 0 Å². The highest BCUT2D eigenvalue weighted by atomic mass is 19.4. The third-order valence-corrected chi connectivity index (χ3v) is 2.74. The highest BCUT2D eigenvalue weighted by molar-refractivity contribution is 5.85. The van der Waals surface area contributed by atoms with Gasteiger partial charge in [0, 0.05) is 6.54 Å². The largest absolute Gasteiger partial charge is 0.401 e. The summed E-state index contributed by atoms with van der Waals surface area (Å²) in [5.74, 6) is -0.257. The maximum absolute atomic E-state index is 12.1. The van der Waals surface area contributed by atoms with Gasteiger partial charge in [0.05, 0.1) is 12.1 Å². The fourth-order valence-corrected chi connectivity index (χ4v) is 1.77. The van der Waals surface area contributed by atoms with E-state index in [4.69, 9.17) is 5.73 Å². The summed E-state index contributed by atoms with van der Waals surface area (Å²) >= 11 is 0. The van der Waals surface area contributed by atoms with Crippen LogP contribution in [0.1, 0.15) is 33.1 Å². The summed E-state index contributed by atoms with van der Waals surface area (Å²) < 4.78 is 36.2. The van der Waals surface area contributed by atoms with Crippen molar-refractivity contribution in [3.8, 4) is 0 Å². The van der Waals surface area contributed by atoms with Crippen LogP contribution in [0.3, 0.4) is 0 Å². The summed E-state index contributed by atoms with van der Waals surface area (Å²) in [5, 5.41) is 2.65. The summed E-state index contributed by atoms with van der Waals surface area (Å²) in [5.41, 5.74) is 4.91. The zero-order valence-electron chi connectivity index (χ0n) is 11.8. The van der Waals surface area contributed by atoms with E-state index in [1.807, 2.05) is 6.92 Å². The molecule has 0 aromatic carbocycles.